The quantitative estimate of drug-likeness (QED) is 0.257. The number of rotatable bonds is 8. The molecule has 0 saturated heterocycles. The second-order valence-corrected chi connectivity index (χ2v) is 8.73. The third kappa shape index (κ3) is 4.22. The van der Waals surface area contributed by atoms with Crippen molar-refractivity contribution in [1.82, 2.24) is 20.4 Å². The molecule has 0 spiro atoms. The molecular weight excluding hydrogens is 456 g/mol. The van der Waals surface area contributed by atoms with Crippen molar-refractivity contribution in [3.05, 3.63) is 115 Å². The number of aryl methyl sites for hydroxylation is 2. The van der Waals surface area contributed by atoms with Crippen LogP contribution in [0.5, 0.6) is 11.5 Å². The fourth-order valence-corrected chi connectivity index (χ4v) is 4.75. The lowest BCUT2D eigenvalue weighted by molar-refractivity contribution is 0.270. The molecule has 5 aromatic rings. The summed E-state index contributed by atoms with van der Waals surface area (Å²) in [5.41, 5.74) is 3.57. The highest BCUT2D eigenvalue weighted by atomic mass is 16.5. The van der Waals surface area contributed by atoms with Gasteiger partial charge in [0.2, 0.25) is 0 Å². The molecule has 0 saturated carbocycles. The molecule has 8 nitrogen and oxygen atoms in total. The number of H-pyrrole nitrogens is 4. The maximum atomic E-state index is 12.8. The first-order valence-corrected chi connectivity index (χ1v) is 11.9. The number of hydrogen-bond donors (Lipinski definition) is 4. The van der Waals surface area contributed by atoms with Gasteiger partial charge in [-0.3, -0.25) is 19.8 Å². The molecular formula is C28H28N4O4. The zero-order valence-corrected chi connectivity index (χ0v) is 20.4. The molecule has 36 heavy (non-hydrogen) atoms. The molecule has 5 rings (SSSR count). The van der Waals surface area contributed by atoms with Crippen LogP contribution in [-0.2, 0) is 6.61 Å². The van der Waals surface area contributed by atoms with Crippen LogP contribution >= 0.6 is 0 Å². The Morgan fingerprint density at radius 3 is 2.06 bits per heavy atom. The Bertz CT molecular complexity index is 1580. The van der Waals surface area contributed by atoms with Crippen LogP contribution in [-0.4, -0.2) is 27.0 Å². The Hall–Kier alpha value is -4.46. The molecule has 8 heteroatoms. The van der Waals surface area contributed by atoms with Crippen molar-refractivity contribution < 1.29 is 9.47 Å². The van der Waals surface area contributed by atoms with E-state index in [4.69, 9.17) is 9.47 Å². The van der Waals surface area contributed by atoms with Gasteiger partial charge in [-0.25, -0.2) is 0 Å². The van der Waals surface area contributed by atoms with Gasteiger partial charge >= 0.3 is 0 Å². The van der Waals surface area contributed by atoms with Gasteiger partial charge in [-0.1, -0.05) is 48.5 Å². The SMILES string of the molecule is CCOc1cc(C(c2c(C)[nH][nH]c2=O)c2c(C)[nH][nH]c2=O)ccc1OCc1cccc2ccccc12. The van der Waals surface area contributed by atoms with Crippen LogP contribution in [0.3, 0.4) is 0 Å². The number of aromatic amines is 4. The van der Waals surface area contributed by atoms with E-state index < -0.39 is 5.92 Å². The molecule has 0 fully saturated rings. The molecule has 2 heterocycles. The van der Waals surface area contributed by atoms with Crippen LogP contribution in [0, 0.1) is 13.8 Å². The minimum Gasteiger partial charge on any atom is -0.490 e. The molecule has 0 unspecified atom stereocenters. The summed E-state index contributed by atoms with van der Waals surface area (Å²) < 4.78 is 12.2. The highest BCUT2D eigenvalue weighted by Crippen LogP contribution is 2.37. The van der Waals surface area contributed by atoms with E-state index in [2.05, 4.69) is 44.7 Å². The number of ether oxygens (including phenoxy) is 2. The normalized spacial score (nSPS) is 11.3. The second-order valence-electron chi connectivity index (χ2n) is 8.73. The van der Waals surface area contributed by atoms with Crippen LogP contribution in [0.1, 0.15) is 46.5 Å². The van der Waals surface area contributed by atoms with Crippen molar-refractivity contribution in [3.63, 3.8) is 0 Å². The van der Waals surface area contributed by atoms with Crippen LogP contribution in [0.15, 0.2) is 70.3 Å². The molecule has 0 aliphatic carbocycles. The van der Waals surface area contributed by atoms with Crippen LogP contribution < -0.4 is 20.6 Å². The Morgan fingerprint density at radius 1 is 0.750 bits per heavy atom. The largest absolute Gasteiger partial charge is 0.490 e. The van der Waals surface area contributed by atoms with E-state index in [-0.39, 0.29) is 11.1 Å². The summed E-state index contributed by atoms with van der Waals surface area (Å²) in [6, 6.07) is 19.9. The first-order chi connectivity index (χ1) is 17.5. The minimum absolute atomic E-state index is 0.272. The van der Waals surface area contributed by atoms with Crippen molar-refractivity contribution in [2.75, 3.05) is 6.61 Å². The molecule has 4 N–H and O–H groups in total. The van der Waals surface area contributed by atoms with E-state index in [1.54, 1.807) is 0 Å². The van der Waals surface area contributed by atoms with Crippen molar-refractivity contribution in [2.45, 2.75) is 33.3 Å². The summed E-state index contributed by atoms with van der Waals surface area (Å²) in [6.07, 6.45) is 0. The fraction of sp³-hybridized carbons (Fsp3) is 0.214. The van der Waals surface area contributed by atoms with E-state index >= 15 is 0 Å². The lowest BCUT2D eigenvalue weighted by Crippen LogP contribution is -2.20. The first-order valence-electron chi connectivity index (χ1n) is 11.9. The lowest BCUT2D eigenvalue weighted by Gasteiger charge is -2.19. The Labute approximate surface area is 207 Å². The smallest absolute Gasteiger partial charge is 0.268 e. The Morgan fingerprint density at radius 2 is 1.42 bits per heavy atom. The summed E-state index contributed by atoms with van der Waals surface area (Å²) in [7, 11) is 0. The van der Waals surface area contributed by atoms with Gasteiger partial charge in [0, 0.05) is 17.3 Å². The van der Waals surface area contributed by atoms with E-state index in [1.165, 1.54) is 0 Å². The maximum Gasteiger partial charge on any atom is 0.268 e. The maximum absolute atomic E-state index is 12.8. The van der Waals surface area contributed by atoms with E-state index in [1.807, 2.05) is 57.2 Å². The zero-order valence-electron chi connectivity index (χ0n) is 20.4. The molecule has 0 aliphatic heterocycles. The standard InChI is InChI=1S/C28H28N4O4/c1-4-35-23-14-19(26(24-16(2)29-31-27(24)33)25-17(3)30-32-28(25)34)12-13-22(23)36-15-20-10-7-9-18-8-5-6-11-21(18)20/h5-14,26H,4,15H2,1-3H3,(H2,29,31,33)(H2,30,32,34). The van der Waals surface area contributed by atoms with Crippen LogP contribution in [0.4, 0.5) is 0 Å². The molecule has 0 bridgehead atoms. The number of nitrogens with one attached hydrogen (secondary N) is 4. The Balaban J connectivity index is 1.55. The average molecular weight is 485 g/mol. The molecule has 0 amide bonds. The van der Waals surface area contributed by atoms with Crippen molar-refractivity contribution in [2.24, 2.45) is 0 Å². The van der Waals surface area contributed by atoms with Gasteiger partial charge in [-0.2, -0.15) is 0 Å². The summed E-state index contributed by atoms with van der Waals surface area (Å²) in [5.74, 6) is 0.544. The van der Waals surface area contributed by atoms with E-state index in [9.17, 15) is 9.59 Å². The van der Waals surface area contributed by atoms with Crippen molar-refractivity contribution in [3.8, 4) is 11.5 Å². The zero-order chi connectivity index (χ0) is 25.2. The molecule has 184 valence electrons. The predicted molar refractivity (Wildman–Crippen MR) is 139 cm³/mol. The summed E-state index contributed by atoms with van der Waals surface area (Å²) >= 11 is 0. The van der Waals surface area contributed by atoms with Gasteiger partial charge in [0.25, 0.3) is 11.1 Å². The minimum atomic E-state index is -0.596. The number of aromatic nitrogens is 4. The third-order valence-electron chi connectivity index (χ3n) is 6.47. The number of fused-ring (bicyclic) bond motifs is 1. The molecule has 0 radical (unpaired) electrons. The second kappa shape index (κ2) is 9.65. The number of benzene rings is 3. The molecule has 3 aromatic carbocycles. The molecule has 0 aliphatic rings. The van der Waals surface area contributed by atoms with Gasteiger partial charge < -0.3 is 19.7 Å². The summed E-state index contributed by atoms with van der Waals surface area (Å²) in [5, 5.41) is 13.3. The van der Waals surface area contributed by atoms with Crippen LogP contribution in [0.25, 0.3) is 10.8 Å². The van der Waals surface area contributed by atoms with Gasteiger partial charge in [0.1, 0.15) is 6.61 Å². The predicted octanol–water partition coefficient (Wildman–Crippen LogP) is 4.65. The topological polar surface area (TPSA) is 116 Å². The van der Waals surface area contributed by atoms with Gasteiger partial charge in [0.15, 0.2) is 11.5 Å². The monoisotopic (exact) mass is 484 g/mol. The van der Waals surface area contributed by atoms with Crippen LogP contribution in [0.2, 0.25) is 0 Å². The lowest BCUT2D eigenvalue weighted by atomic mass is 9.85. The first kappa shape index (κ1) is 23.3. The Kier molecular flexibility index (Phi) is 6.25. The molecule has 2 aromatic heterocycles. The van der Waals surface area contributed by atoms with E-state index in [0.717, 1.165) is 21.9 Å². The summed E-state index contributed by atoms with van der Waals surface area (Å²) in [4.78, 5) is 25.5. The molecule has 0 atom stereocenters. The highest BCUT2D eigenvalue weighted by molar-refractivity contribution is 5.85. The van der Waals surface area contributed by atoms with Gasteiger partial charge in [-0.05, 0) is 54.8 Å². The highest BCUT2D eigenvalue weighted by Gasteiger charge is 2.29. The van der Waals surface area contributed by atoms with Crippen molar-refractivity contribution >= 4 is 10.8 Å². The fourth-order valence-electron chi connectivity index (χ4n) is 4.75. The van der Waals surface area contributed by atoms with Gasteiger partial charge in [0.05, 0.1) is 17.7 Å². The van der Waals surface area contributed by atoms with Crippen molar-refractivity contribution in [1.29, 1.82) is 0 Å². The average Bonchev–Trinajstić information content (AvgIpc) is 3.39. The third-order valence-corrected chi connectivity index (χ3v) is 6.47. The summed E-state index contributed by atoms with van der Waals surface area (Å²) in [6.45, 7) is 6.33. The van der Waals surface area contributed by atoms with Gasteiger partial charge in [-0.15, -0.1) is 0 Å². The number of hydrogen-bond acceptors (Lipinski definition) is 4. The van der Waals surface area contributed by atoms with E-state index in [0.29, 0.717) is 47.2 Å².